The van der Waals surface area contributed by atoms with E-state index in [2.05, 4.69) is 23.9 Å². The summed E-state index contributed by atoms with van der Waals surface area (Å²) < 4.78 is 5.82. The summed E-state index contributed by atoms with van der Waals surface area (Å²) in [5, 5.41) is 0. The highest BCUT2D eigenvalue weighted by Crippen LogP contribution is 2.19. The third-order valence-electron chi connectivity index (χ3n) is 3.02. The predicted octanol–water partition coefficient (Wildman–Crippen LogP) is 1.86. The highest BCUT2D eigenvalue weighted by Gasteiger charge is 2.27. The summed E-state index contributed by atoms with van der Waals surface area (Å²) in [5.41, 5.74) is 1.17. The first kappa shape index (κ1) is 10.4. The zero-order valence-corrected chi connectivity index (χ0v) is 9.60. The number of ether oxygens (including phenoxy) is 1. The molecule has 0 amide bonds. The molecular weight excluding hydrogens is 188 g/mol. The molecule has 2 heterocycles. The van der Waals surface area contributed by atoms with E-state index in [0.29, 0.717) is 12.1 Å². The number of hydrogen-bond acceptors (Lipinski definition) is 3. The van der Waals surface area contributed by atoms with E-state index in [-0.39, 0.29) is 0 Å². The second kappa shape index (κ2) is 4.19. The number of rotatable bonds is 2. The monoisotopic (exact) mass is 206 g/mol. The summed E-state index contributed by atoms with van der Waals surface area (Å²) in [6, 6.07) is 4.59. The summed E-state index contributed by atoms with van der Waals surface area (Å²) in [5.74, 6) is 0.744. The average Bonchev–Trinajstić information content (AvgIpc) is 2.50. The highest BCUT2D eigenvalue weighted by molar-refractivity contribution is 5.16. The molecule has 1 fully saturated rings. The van der Waals surface area contributed by atoms with E-state index < -0.39 is 0 Å². The van der Waals surface area contributed by atoms with Crippen LogP contribution < -0.4 is 4.74 Å². The molecule has 3 heteroatoms. The van der Waals surface area contributed by atoms with E-state index in [4.69, 9.17) is 4.74 Å². The minimum atomic E-state index is 0.292. The number of aromatic nitrogens is 1. The molecule has 2 atom stereocenters. The third kappa shape index (κ3) is 2.48. The summed E-state index contributed by atoms with van der Waals surface area (Å²) in [6.45, 7) is 5.25. The van der Waals surface area contributed by atoms with Crippen molar-refractivity contribution in [1.29, 1.82) is 0 Å². The van der Waals surface area contributed by atoms with Crippen LogP contribution in [0.25, 0.3) is 0 Å². The van der Waals surface area contributed by atoms with Crippen LogP contribution in [0.2, 0.25) is 0 Å². The Morgan fingerprint density at radius 1 is 1.47 bits per heavy atom. The van der Waals surface area contributed by atoms with Crippen LogP contribution in [0.5, 0.6) is 5.88 Å². The lowest BCUT2D eigenvalue weighted by Crippen LogP contribution is -2.23. The standard InChI is InChI=1S/C12H18N2O/c1-9-4-5-12(13-7-9)15-11-6-10(2)14(3)8-11/h4-5,7,10-11H,6,8H2,1-3H3. The Bertz CT molecular complexity index is 313. The summed E-state index contributed by atoms with van der Waals surface area (Å²) >= 11 is 0. The Balaban J connectivity index is 1.95. The van der Waals surface area contributed by atoms with Crippen molar-refractivity contribution in [3.8, 4) is 5.88 Å². The summed E-state index contributed by atoms with van der Waals surface area (Å²) in [6.07, 6.45) is 3.23. The van der Waals surface area contributed by atoms with Gasteiger partial charge in [0.05, 0.1) is 0 Å². The fraction of sp³-hybridized carbons (Fsp3) is 0.583. The second-order valence-corrected chi connectivity index (χ2v) is 4.44. The Kier molecular flexibility index (Phi) is 2.91. The van der Waals surface area contributed by atoms with E-state index in [9.17, 15) is 0 Å². The lowest BCUT2D eigenvalue weighted by Gasteiger charge is -2.13. The lowest BCUT2D eigenvalue weighted by molar-refractivity contribution is 0.200. The van der Waals surface area contributed by atoms with Crippen molar-refractivity contribution < 1.29 is 4.74 Å². The van der Waals surface area contributed by atoms with E-state index in [1.54, 1.807) is 0 Å². The first-order valence-corrected chi connectivity index (χ1v) is 5.44. The maximum atomic E-state index is 5.82. The van der Waals surface area contributed by atoms with Crippen LogP contribution in [0.15, 0.2) is 18.3 Å². The molecule has 1 aromatic heterocycles. The molecule has 3 nitrogen and oxygen atoms in total. The maximum Gasteiger partial charge on any atom is 0.213 e. The number of pyridine rings is 1. The Labute approximate surface area is 91.1 Å². The molecule has 0 N–H and O–H groups in total. The van der Waals surface area contributed by atoms with Gasteiger partial charge >= 0.3 is 0 Å². The van der Waals surface area contributed by atoms with Crippen LogP contribution in [-0.2, 0) is 0 Å². The Hall–Kier alpha value is -1.09. The van der Waals surface area contributed by atoms with Gasteiger partial charge in [-0.2, -0.15) is 0 Å². The molecule has 0 aliphatic carbocycles. The number of hydrogen-bond donors (Lipinski definition) is 0. The topological polar surface area (TPSA) is 25.4 Å². The zero-order chi connectivity index (χ0) is 10.8. The van der Waals surface area contributed by atoms with Crippen molar-refractivity contribution in [3.63, 3.8) is 0 Å². The largest absolute Gasteiger partial charge is 0.473 e. The Morgan fingerprint density at radius 3 is 2.80 bits per heavy atom. The minimum absolute atomic E-state index is 0.292. The summed E-state index contributed by atoms with van der Waals surface area (Å²) in [4.78, 5) is 6.57. The SMILES string of the molecule is Cc1ccc(OC2CC(C)N(C)C2)nc1. The van der Waals surface area contributed by atoms with Crippen molar-refractivity contribution in [3.05, 3.63) is 23.9 Å². The van der Waals surface area contributed by atoms with Gasteiger partial charge in [0.2, 0.25) is 5.88 Å². The van der Waals surface area contributed by atoms with Gasteiger partial charge in [-0.05, 0) is 26.5 Å². The number of aryl methyl sites for hydroxylation is 1. The van der Waals surface area contributed by atoms with Gasteiger partial charge in [0, 0.05) is 31.3 Å². The van der Waals surface area contributed by atoms with Crippen molar-refractivity contribution in [1.82, 2.24) is 9.88 Å². The fourth-order valence-electron chi connectivity index (χ4n) is 1.92. The number of likely N-dealkylation sites (tertiary alicyclic amines) is 1. The van der Waals surface area contributed by atoms with Gasteiger partial charge in [0.1, 0.15) is 6.10 Å². The van der Waals surface area contributed by atoms with Crippen LogP contribution in [0.3, 0.4) is 0 Å². The lowest BCUT2D eigenvalue weighted by atomic mass is 10.2. The van der Waals surface area contributed by atoms with E-state index in [1.165, 1.54) is 5.56 Å². The number of likely N-dealkylation sites (N-methyl/N-ethyl adjacent to an activating group) is 1. The van der Waals surface area contributed by atoms with Crippen LogP contribution >= 0.6 is 0 Å². The van der Waals surface area contributed by atoms with Gasteiger partial charge in [-0.15, -0.1) is 0 Å². The molecule has 0 spiro atoms. The first-order chi connectivity index (χ1) is 7.15. The van der Waals surface area contributed by atoms with Gasteiger partial charge < -0.3 is 4.74 Å². The number of nitrogens with zero attached hydrogens (tertiary/aromatic N) is 2. The van der Waals surface area contributed by atoms with Gasteiger partial charge in [-0.3, -0.25) is 4.90 Å². The smallest absolute Gasteiger partial charge is 0.213 e. The van der Waals surface area contributed by atoms with Crippen LogP contribution in [0, 0.1) is 6.92 Å². The van der Waals surface area contributed by atoms with Crippen LogP contribution in [0.4, 0.5) is 0 Å². The molecule has 1 saturated heterocycles. The molecule has 0 aromatic carbocycles. The van der Waals surface area contributed by atoms with Gasteiger partial charge in [0.15, 0.2) is 0 Å². The highest BCUT2D eigenvalue weighted by atomic mass is 16.5. The van der Waals surface area contributed by atoms with Gasteiger partial charge in [-0.1, -0.05) is 6.07 Å². The molecule has 1 aliphatic heterocycles. The van der Waals surface area contributed by atoms with E-state index in [1.807, 2.05) is 25.3 Å². The fourth-order valence-corrected chi connectivity index (χ4v) is 1.92. The molecule has 2 rings (SSSR count). The van der Waals surface area contributed by atoms with Gasteiger partial charge in [0.25, 0.3) is 0 Å². The third-order valence-corrected chi connectivity index (χ3v) is 3.02. The second-order valence-electron chi connectivity index (χ2n) is 4.44. The van der Waals surface area contributed by atoms with Crippen molar-refractivity contribution >= 4 is 0 Å². The average molecular weight is 206 g/mol. The molecule has 1 aromatic rings. The zero-order valence-electron chi connectivity index (χ0n) is 9.60. The predicted molar refractivity (Wildman–Crippen MR) is 60.1 cm³/mol. The van der Waals surface area contributed by atoms with Crippen LogP contribution in [0.1, 0.15) is 18.9 Å². The minimum Gasteiger partial charge on any atom is -0.473 e. The van der Waals surface area contributed by atoms with Crippen molar-refractivity contribution in [2.75, 3.05) is 13.6 Å². The van der Waals surface area contributed by atoms with Crippen molar-refractivity contribution in [2.45, 2.75) is 32.4 Å². The molecule has 0 saturated carbocycles. The Morgan fingerprint density at radius 2 is 2.27 bits per heavy atom. The molecule has 15 heavy (non-hydrogen) atoms. The molecule has 1 aliphatic rings. The molecule has 2 unspecified atom stereocenters. The molecular formula is C12H18N2O. The van der Waals surface area contributed by atoms with E-state index in [0.717, 1.165) is 18.8 Å². The molecule has 82 valence electrons. The van der Waals surface area contributed by atoms with Crippen LogP contribution in [-0.4, -0.2) is 35.6 Å². The van der Waals surface area contributed by atoms with E-state index >= 15 is 0 Å². The normalized spacial score (nSPS) is 26.9. The summed E-state index contributed by atoms with van der Waals surface area (Å²) in [7, 11) is 2.14. The maximum absolute atomic E-state index is 5.82. The van der Waals surface area contributed by atoms with Crippen molar-refractivity contribution in [2.24, 2.45) is 0 Å². The molecule has 0 bridgehead atoms. The van der Waals surface area contributed by atoms with Gasteiger partial charge in [-0.25, -0.2) is 4.98 Å². The first-order valence-electron chi connectivity index (χ1n) is 5.44. The quantitative estimate of drug-likeness (QED) is 0.738. The molecule has 0 radical (unpaired) electrons.